The van der Waals surface area contributed by atoms with Gasteiger partial charge in [-0.3, -0.25) is 4.79 Å². The Morgan fingerprint density at radius 1 is 1.09 bits per heavy atom. The summed E-state index contributed by atoms with van der Waals surface area (Å²) in [5.41, 5.74) is 7.97. The van der Waals surface area contributed by atoms with Crippen LogP contribution in [0.2, 0.25) is 0 Å². The molecule has 4 rings (SSSR count). The Morgan fingerprint density at radius 2 is 1.78 bits per heavy atom. The first kappa shape index (κ1) is 22.3. The van der Waals surface area contributed by atoms with Crippen molar-refractivity contribution in [3.63, 3.8) is 0 Å². The lowest BCUT2D eigenvalue weighted by Crippen LogP contribution is -2.30. The van der Waals surface area contributed by atoms with E-state index in [1.807, 2.05) is 6.08 Å². The largest absolute Gasteiger partial charge is 0.357 e. The molecule has 1 aromatic heterocycles. The van der Waals surface area contributed by atoms with Crippen molar-refractivity contribution in [2.45, 2.75) is 52.5 Å². The maximum atomic E-state index is 12.6. The molecule has 0 unspecified atom stereocenters. The molecule has 0 radical (unpaired) electrons. The predicted molar refractivity (Wildman–Crippen MR) is 136 cm³/mol. The molecule has 2 N–H and O–H groups in total. The van der Waals surface area contributed by atoms with Crippen LogP contribution in [-0.4, -0.2) is 16.0 Å². The second-order valence-corrected chi connectivity index (χ2v) is 9.73. The summed E-state index contributed by atoms with van der Waals surface area (Å²) >= 11 is 1.52. The molecule has 1 saturated heterocycles. The summed E-state index contributed by atoms with van der Waals surface area (Å²) in [6.07, 6.45) is 3.02. The first-order valence-electron chi connectivity index (χ1n) is 11.2. The Morgan fingerprint density at radius 3 is 2.41 bits per heavy atom. The molecule has 166 valence electrons. The van der Waals surface area contributed by atoms with Crippen LogP contribution in [0.3, 0.4) is 0 Å². The fourth-order valence-electron chi connectivity index (χ4n) is 4.03. The van der Waals surface area contributed by atoms with Gasteiger partial charge in [0, 0.05) is 22.8 Å². The normalized spacial score (nSPS) is 17.2. The minimum absolute atomic E-state index is 0.0382. The van der Waals surface area contributed by atoms with Gasteiger partial charge < -0.3 is 15.2 Å². The molecular formula is C27H31N3OS. The molecule has 5 heteroatoms. The third kappa shape index (κ3) is 4.63. The summed E-state index contributed by atoms with van der Waals surface area (Å²) in [7, 11) is 0. The molecule has 32 heavy (non-hydrogen) atoms. The molecule has 0 saturated carbocycles. The fraction of sp³-hybridized carbons (Fsp3) is 0.296. The topological polar surface area (TPSA) is 46.1 Å². The van der Waals surface area contributed by atoms with Crippen LogP contribution in [0.25, 0.3) is 11.8 Å². The first-order valence-corrected chi connectivity index (χ1v) is 12.1. The van der Waals surface area contributed by atoms with Crippen molar-refractivity contribution in [2.24, 2.45) is 0 Å². The Labute approximate surface area is 195 Å². The summed E-state index contributed by atoms with van der Waals surface area (Å²) in [6, 6.07) is 19.2. The molecule has 0 bridgehead atoms. The van der Waals surface area contributed by atoms with E-state index in [4.69, 9.17) is 0 Å². The highest BCUT2D eigenvalue weighted by Gasteiger charge is 2.27. The number of benzene rings is 2. The maximum Gasteiger partial charge on any atom is 0.260 e. The average Bonchev–Trinajstić information content (AvgIpc) is 3.26. The third-order valence-corrected chi connectivity index (χ3v) is 6.99. The van der Waals surface area contributed by atoms with Crippen molar-refractivity contribution in [1.82, 2.24) is 9.88 Å². The van der Waals surface area contributed by atoms with Crippen LogP contribution in [0.1, 0.15) is 54.8 Å². The number of carbonyl (C=O) groups excluding carboxylic acids is 1. The van der Waals surface area contributed by atoms with E-state index >= 15 is 0 Å². The zero-order valence-electron chi connectivity index (χ0n) is 19.4. The highest BCUT2D eigenvalue weighted by atomic mass is 32.2. The Hall–Kier alpha value is -2.92. The van der Waals surface area contributed by atoms with Crippen LogP contribution in [-0.2, 0) is 11.2 Å². The van der Waals surface area contributed by atoms with E-state index in [9.17, 15) is 4.79 Å². The molecule has 1 amide bonds. The summed E-state index contributed by atoms with van der Waals surface area (Å²) in [6.45, 7) is 10.8. The number of thioether (sulfide) groups is 1. The standard InChI is InChI=1S/C27H31N3OS/c1-6-20-7-11-23(12-8-20)28-27-29-26(31)25(32-27)16-22-15-18(4)30(19(22)5)24-13-9-21(10-14-24)17(2)3/h7-17,27-28H,6H2,1-5H3,(H,29,31)/b25-16-/t27-/m0/s1. The third-order valence-electron chi connectivity index (χ3n) is 5.97. The summed E-state index contributed by atoms with van der Waals surface area (Å²) in [5.74, 6) is 0.476. The Balaban J connectivity index is 1.53. The van der Waals surface area contributed by atoms with Gasteiger partial charge >= 0.3 is 0 Å². The maximum absolute atomic E-state index is 12.6. The quantitative estimate of drug-likeness (QED) is 0.433. The van der Waals surface area contributed by atoms with E-state index in [1.165, 1.54) is 22.9 Å². The second kappa shape index (κ2) is 9.29. The Kier molecular flexibility index (Phi) is 6.47. The molecular weight excluding hydrogens is 414 g/mol. The van der Waals surface area contributed by atoms with Crippen molar-refractivity contribution < 1.29 is 4.79 Å². The monoisotopic (exact) mass is 445 g/mol. The van der Waals surface area contributed by atoms with Gasteiger partial charge in [-0.05, 0) is 79.3 Å². The van der Waals surface area contributed by atoms with Crippen LogP contribution < -0.4 is 10.6 Å². The van der Waals surface area contributed by atoms with Crippen molar-refractivity contribution in [1.29, 1.82) is 0 Å². The van der Waals surface area contributed by atoms with Gasteiger partial charge in [0.15, 0.2) is 5.50 Å². The number of anilines is 1. The molecule has 0 aliphatic carbocycles. The van der Waals surface area contributed by atoms with E-state index in [1.54, 1.807) is 0 Å². The lowest BCUT2D eigenvalue weighted by Gasteiger charge is -2.13. The lowest BCUT2D eigenvalue weighted by atomic mass is 10.0. The number of nitrogens with zero attached hydrogens (tertiary/aromatic N) is 1. The fourth-order valence-corrected chi connectivity index (χ4v) is 5.01. The van der Waals surface area contributed by atoms with Gasteiger partial charge in [0.2, 0.25) is 0 Å². The van der Waals surface area contributed by atoms with Crippen LogP contribution in [0.5, 0.6) is 0 Å². The predicted octanol–water partition coefficient (Wildman–Crippen LogP) is 6.38. The van der Waals surface area contributed by atoms with E-state index in [2.05, 4.69) is 104 Å². The number of carbonyl (C=O) groups is 1. The number of rotatable bonds is 6. The molecule has 2 heterocycles. The highest BCUT2D eigenvalue weighted by molar-refractivity contribution is 8.05. The number of amides is 1. The number of aryl methyl sites for hydroxylation is 2. The number of nitrogens with one attached hydrogen (secondary N) is 2. The summed E-state index contributed by atoms with van der Waals surface area (Å²) in [5, 5.41) is 6.42. The molecule has 1 aliphatic rings. The van der Waals surface area contributed by atoms with Gasteiger partial charge in [-0.1, -0.05) is 56.8 Å². The molecule has 0 spiro atoms. The molecule has 3 aromatic rings. The van der Waals surface area contributed by atoms with Crippen molar-refractivity contribution >= 4 is 29.4 Å². The highest BCUT2D eigenvalue weighted by Crippen LogP contribution is 2.32. The molecule has 1 fully saturated rings. The van der Waals surface area contributed by atoms with Gasteiger partial charge in [-0.15, -0.1) is 0 Å². The summed E-state index contributed by atoms with van der Waals surface area (Å²) < 4.78 is 2.25. The first-order chi connectivity index (χ1) is 15.4. The van der Waals surface area contributed by atoms with E-state index in [0.29, 0.717) is 5.92 Å². The molecule has 1 atom stereocenters. The molecule has 1 aliphatic heterocycles. The minimum atomic E-state index is -0.173. The molecule has 4 nitrogen and oxygen atoms in total. The summed E-state index contributed by atoms with van der Waals surface area (Å²) in [4.78, 5) is 13.3. The van der Waals surface area contributed by atoms with E-state index in [-0.39, 0.29) is 11.4 Å². The zero-order chi connectivity index (χ0) is 22.8. The molecule has 2 aromatic carbocycles. The van der Waals surface area contributed by atoms with Crippen LogP contribution >= 0.6 is 11.8 Å². The lowest BCUT2D eigenvalue weighted by molar-refractivity contribution is -0.116. The average molecular weight is 446 g/mol. The van der Waals surface area contributed by atoms with E-state index in [0.717, 1.165) is 39.7 Å². The Bertz CT molecular complexity index is 1140. The minimum Gasteiger partial charge on any atom is -0.357 e. The van der Waals surface area contributed by atoms with Crippen molar-refractivity contribution in [3.8, 4) is 5.69 Å². The van der Waals surface area contributed by atoms with Gasteiger partial charge in [0.25, 0.3) is 5.91 Å². The smallest absolute Gasteiger partial charge is 0.260 e. The second-order valence-electron chi connectivity index (χ2n) is 8.58. The number of hydrogen-bond acceptors (Lipinski definition) is 3. The zero-order valence-corrected chi connectivity index (χ0v) is 20.2. The van der Waals surface area contributed by atoms with E-state index < -0.39 is 0 Å². The van der Waals surface area contributed by atoms with Crippen LogP contribution in [0, 0.1) is 13.8 Å². The van der Waals surface area contributed by atoms with Crippen LogP contribution in [0.4, 0.5) is 5.69 Å². The SMILES string of the molecule is CCc1ccc(N[C@H]2NC(=O)/C(=C/c3cc(C)n(-c4ccc(C(C)C)cc4)c3C)S2)cc1. The van der Waals surface area contributed by atoms with Gasteiger partial charge in [0.05, 0.1) is 4.91 Å². The van der Waals surface area contributed by atoms with Crippen LogP contribution in [0.15, 0.2) is 59.5 Å². The number of aromatic nitrogens is 1. The van der Waals surface area contributed by atoms with Gasteiger partial charge in [0.1, 0.15) is 0 Å². The number of hydrogen-bond donors (Lipinski definition) is 2. The van der Waals surface area contributed by atoms with Crippen molar-refractivity contribution in [2.75, 3.05) is 5.32 Å². The van der Waals surface area contributed by atoms with Gasteiger partial charge in [-0.2, -0.15) is 0 Å². The van der Waals surface area contributed by atoms with Gasteiger partial charge in [-0.25, -0.2) is 0 Å². The van der Waals surface area contributed by atoms with Crippen molar-refractivity contribution in [3.05, 3.63) is 87.6 Å².